The van der Waals surface area contributed by atoms with Crippen molar-refractivity contribution in [2.75, 3.05) is 13.2 Å². The number of benzene rings is 1. The first-order chi connectivity index (χ1) is 11.7. The van der Waals surface area contributed by atoms with Crippen LogP contribution in [0.3, 0.4) is 0 Å². The van der Waals surface area contributed by atoms with Gasteiger partial charge >= 0.3 is 0 Å². The van der Waals surface area contributed by atoms with E-state index in [1.165, 1.54) is 57.1 Å². The third-order valence-electron chi connectivity index (χ3n) is 4.93. The van der Waals surface area contributed by atoms with Gasteiger partial charge in [0.1, 0.15) is 0 Å². The van der Waals surface area contributed by atoms with E-state index in [0.29, 0.717) is 6.04 Å². The van der Waals surface area contributed by atoms with E-state index in [-0.39, 0.29) is 0 Å². The molecule has 0 bridgehead atoms. The summed E-state index contributed by atoms with van der Waals surface area (Å²) in [7, 11) is 0. The fraction of sp³-hybridized carbons (Fsp3) is 0.619. The number of hydrogen-bond donors (Lipinski definition) is 0. The third kappa shape index (κ3) is 6.76. The molecule has 0 radical (unpaired) electrons. The molecule has 0 amide bonds. The van der Waals surface area contributed by atoms with Crippen LogP contribution < -0.4 is 0 Å². The van der Waals surface area contributed by atoms with Crippen LogP contribution in [0, 0.1) is 0 Å². The molecule has 1 aromatic rings. The molecule has 0 saturated heterocycles. The minimum Gasteiger partial charge on any atom is -0.359 e. The largest absolute Gasteiger partial charge is 0.359 e. The zero-order valence-electron chi connectivity index (χ0n) is 15.4. The topological polar surface area (TPSA) is 6.48 Å². The monoisotopic (exact) mass is 348 g/mol. The Bertz CT molecular complexity index is 483. The van der Waals surface area contributed by atoms with E-state index in [0.717, 1.165) is 18.1 Å². The van der Waals surface area contributed by atoms with Crippen LogP contribution in [0.1, 0.15) is 64.4 Å². The Morgan fingerprint density at radius 3 is 2.50 bits per heavy atom. The number of rotatable bonds is 11. The van der Waals surface area contributed by atoms with E-state index in [9.17, 15) is 0 Å². The van der Waals surface area contributed by atoms with Crippen LogP contribution in [0.25, 0.3) is 0 Å². The Labute approximate surface area is 153 Å². The van der Waals surface area contributed by atoms with Crippen molar-refractivity contribution in [2.24, 2.45) is 0 Å². The van der Waals surface area contributed by atoms with Gasteiger partial charge in [-0.25, -0.2) is 0 Å². The summed E-state index contributed by atoms with van der Waals surface area (Å²) in [4.78, 5) is 4.94. The minimum absolute atomic E-state index is 0.610. The minimum atomic E-state index is 0.610. The van der Waals surface area contributed by atoms with Crippen molar-refractivity contribution in [3.05, 3.63) is 47.3 Å². The van der Waals surface area contributed by atoms with E-state index in [1.807, 2.05) is 12.1 Å². The zero-order valence-corrected chi connectivity index (χ0v) is 16.1. The number of unbranched alkanes of at least 4 members (excludes halogenated alkanes) is 4. The van der Waals surface area contributed by atoms with Crippen LogP contribution in [0.15, 0.2) is 36.7 Å². The molecule has 1 atom stereocenters. The molecule has 134 valence electrons. The molecule has 0 spiro atoms. The van der Waals surface area contributed by atoms with Gasteiger partial charge in [-0.1, -0.05) is 56.3 Å². The number of halogens is 1. The average molecular weight is 349 g/mol. The van der Waals surface area contributed by atoms with E-state index in [1.54, 1.807) is 0 Å². The second-order valence-corrected chi connectivity index (χ2v) is 7.48. The first-order valence-electron chi connectivity index (χ1n) is 9.61. The van der Waals surface area contributed by atoms with Crippen molar-refractivity contribution in [3.63, 3.8) is 0 Å². The molecule has 24 heavy (non-hydrogen) atoms. The summed E-state index contributed by atoms with van der Waals surface area (Å²) in [5, 5.41) is 0.823. The van der Waals surface area contributed by atoms with E-state index in [4.69, 9.17) is 11.6 Å². The van der Waals surface area contributed by atoms with Crippen LogP contribution in [0.4, 0.5) is 0 Å². The first kappa shape index (κ1) is 19.2. The van der Waals surface area contributed by atoms with Crippen LogP contribution in [0.2, 0.25) is 5.02 Å². The summed E-state index contributed by atoms with van der Waals surface area (Å²) in [6.07, 6.45) is 14.9. The SMILES string of the molecule is CCCCCCCN1C=CN(C(C)CCCc2ccc(Cl)cc2)C1. The van der Waals surface area contributed by atoms with Crippen molar-refractivity contribution < 1.29 is 0 Å². The fourth-order valence-corrected chi connectivity index (χ4v) is 3.38. The Balaban J connectivity index is 1.59. The quantitative estimate of drug-likeness (QED) is 0.448. The van der Waals surface area contributed by atoms with Gasteiger partial charge in [-0.05, 0) is 50.3 Å². The average Bonchev–Trinajstić information content (AvgIpc) is 3.05. The smallest absolute Gasteiger partial charge is 0.0896 e. The van der Waals surface area contributed by atoms with Crippen LogP contribution in [-0.2, 0) is 6.42 Å². The highest BCUT2D eigenvalue weighted by molar-refractivity contribution is 6.30. The second-order valence-electron chi connectivity index (χ2n) is 7.05. The molecular weight excluding hydrogens is 316 g/mol. The number of aryl methyl sites for hydroxylation is 1. The van der Waals surface area contributed by atoms with Gasteiger partial charge in [-0.15, -0.1) is 0 Å². The van der Waals surface area contributed by atoms with Gasteiger partial charge in [-0.2, -0.15) is 0 Å². The first-order valence-corrected chi connectivity index (χ1v) is 9.99. The third-order valence-corrected chi connectivity index (χ3v) is 5.18. The van der Waals surface area contributed by atoms with E-state index < -0.39 is 0 Å². The van der Waals surface area contributed by atoms with Crippen molar-refractivity contribution in [1.29, 1.82) is 0 Å². The maximum absolute atomic E-state index is 5.94. The van der Waals surface area contributed by atoms with Crippen molar-refractivity contribution in [3.8, 4) is 0 Å². The molecule has 1 heterocycles. The Hall–Kier alpha value is -1.15. The molecular formula is C21H33ClN2. The molecule has 1 aromatic carbocycles. The lowest BCUT2D eigenvalue weighted by atomic mass is 10.1. The predicted molar refractivity (Wildman–Crippen MR) is 105 cm³/mol. The summed E-state index contributed by atoms with van der Waals surface area (Å²) in [5.41, 5.74) is 1.39. The molecule has 1 unspecified atom stereocenters. The molecule has 1 aliphatic rings. The molecule has 0 aromatic heterocycles. The molecule has 0 fully saturated rings. The fourth-order valence-electron chi connectivity index (χ4n) is 3.25. The number of hydrogen-bond acceptors (Lipinski definition) is 2. The highest BCUT2D eigenvalue weighted by atomic mass is 35.5. The van der Waals surface area contributed by atoms with Gasteiger partial charge in [0.2, 0.25) is 0 Å². The molecule has 2 nitrogen and oxygen atoms in total. The summed E-state index contributed by atoms with van der Waals surface area (Å²) >= 11 is 5.94. The molecule has 0 N–H and O–H groups in total. The lowest BCUT2D eigenvalue weighted by Gasteiger charge is -2.27. The second kappa shape index (κ2) is 10.7. The van der Waals surface area contributed by atoms with E-state index >= 15 is 0 Å². The van der Waals surface area contributed by atoms with Crippen molar-refractivity contribution in [1.82, 2.24) is 9.80 Å². The Morgan fingerprint density at radius 1 is 1.00 bits per heavy atom. The molecule has 0 saturated carbocycles. The molecule has 2 rings (SSSR count). The molecule has 3 heteroatoms. The Morgan fingerprint density at radius 2 is 1.75 bits per heavy atom. The Kier molecular flexibility index (Phi) is 8.52. The van der Waals surface area contributed by atoms with Gasteiger partial charge < -0.3 is 9.80 Å². The van der Waals surface area contributed by atoms with E-state index in [2.05, 4.69) is 48.2 Å². The highest BCUT2D eigenvalue weighted by Crippen LogP contribution is 2.17. The zero-order chi connectivity index (χ0) is 17.2. The molecule has 1 aliphatic heterocycles. The lowest BCUT2D eigenvalue weighted by Crippen LogP contribution is -2.32. The van der Waals surface area contributed by atoms with Crippen LogP contribution in [0.5, 0.6) is 0 Å². The van der Waals surface area contributed by atoms with Crippen LogP contribution >= 0.6 is 11.6 Å². The summed E-state index contributed by atoms with van der Waals surface area (Å²) in [6.45, 7) is 6.89. The maximum atomic E-state index is 5.94. The predicted octanol–water partition coefficient (Wildman–Crippen LogP) is 6.07. The van der Waals surface area contributed by atoms with Gasteiger partial charge in [-0.3, -0.25) is 0 Å². The van der Waals surface area contributed by atoms with Gasteiger partial charge in [0, 0.05) is 30.0 Å². The summed E-state index contributed by atoms with van der Waals surface area (Å²) < 4.78 is 0. The lowest BCUT2D eigenvalue weighted by molar-refractivity contribution is 0.210. The standard InChI is InChI=1S/C21H33ClN2/c1-3-4-5-6-7-15-23-16-17-24(18-23)19(2)9-8-10-20-11-13-21(22)14-12-20/h11-14,16-17,19H,3-10,15,18H2,1-2H3. The highest BCUT2D eigenvalue weighted by Gasteiger charge is 2.16. The van der Waals surface area contributed by atoms with Crippen LogP contribution in [-0.4, -0.2) is 29.1 Å². The summed E-state index contributed by atoms with van der Waals surface area (Å²) in [6, 6.07) is 8.87. The van der Waals surface area contributed by atoms with Crippen molar-refractivity contribution >= 4 is 11.6 Å². The number of nitrogens with zero attached hydrogens (tertiary/aromatic N) is 2. The van der Waals surface area contributed by atoms with Gasteiger partial charge in [0.25, 0.3) is 0 Å². The van der Waals surface area contributed by atoms with Crippen molar-refractivity contribution in [2.45, 2.75) is 71.3 Å². The van der Waals surface area contributed by atoms with Gasteiger partial charge in [0.05, 0.1) is 6.67 Å². The normalized spacial score (nSPS) is 15.3. The van der Waals surface area contributed by atoms with Gasteiger partial charge in [0.15, 0.2) is 0 Å². The molecule has 0 aliphatic carbocycles. The summed E-state index contributed by atoms with van der Waals surface area (Å²) in [5.74, 6) is 0. The maximum Gasteiger partial charge on any atom is 0.0896 e.